The first-order valence-electron chi connectivity index (χ1n) is 7.39. The summed E-state index contributed by atoms with van der Waals surface area (Å²) >= 11 is 0. The van der Waals surface area contributed by atoms with Gasteiger partial charge in [0.15, 0.2) is 11.6 Å². The Bertz CT molecular complexity index is 777. The fraction of sp³-hybridized carbons (Fsp3) is 0.222. The van der Waals surface area contributed by atoms with Crippen LogP contribution in [0.4, 0.5) is 14.5 Å². The minimum absolute atomic E-state index is 0.233. The highest BCUT2D eigenvalue weighted by Gasteiger charge is 2.20. The van der Waals surface area contributed by atoms with Gasteiger partial charge in [0.1, 0.15) is 0 Å². The van der Waals surface area contributed by atoms with E-state index in [1.807, 2.05) is 0 Å². The molecule has 1 atom stereocenters. The van der Waals surface area contributed by atoms with Crippen LogP contribution in [0, 0.1) is 11.6 Å². The molecule has 0 saturated heterocycles. The second-order valence-corrected chi connectivity index (χ2v) is 5.53. The van der Waals surface area contributed by atoms with Crippen molar-refractivity contribution in [2.45, 2.75) is 19.9 Å². The molecule has 0 aliphatic rings. The average Bonchev–Trinajstić information content (AvgIpc) is 2.55. The summed E-state index contributed by atoms with van der Waals surface area (Å²) in [5.41, 5.74) is 1.39. The predicted octanol–water partition coefficient (Wildman–Crippen LogP) is 3.76. The fourth-order valence-electron chi connectivity index (χ4n) is 2.31. The molecule has 0 aliphatic carbocycles. The lowest BCUT2D eigenvalue weighted by atomic mass is 10.1. The van der Waals surface area contributed by atoms with E-state index in [1.165, 1.54) is 17.9 Å². The molecule has 0 radical (unpaired) electrons. The third kappa shape index (κ3) is 3.95. The van der Waals surface area contributed by atoms with E-state index in [-0.39, 0.29) is 11.8 Å². The highest BCUT2D eigenvalue weighted by Crippen LogP contribution is 2.23. The minimum atomic E-state index is -0.951. The van der Waals surface area contributed by atoms with Crippen LogP contribution in [0.25, 0.3) is 0 Å². The first-order chi connectivity index (χ1) is 11.3. The molecule has 0 bridgehead atoms. The van der Waals surface area contributed by atoms with Gasteiger partial charge in [0, 0.05) is 25.2 Å². The Balaban J connectivity index is 2.22. The molecule has 2 rings (SSSR count). The smallest absolute Gasteiger partial charge is 0.254 e. The number of carbonyl (C=O) groups excluding carboxylic acids is 2. The maximum absolute atomic E-state index is 13.4. The Kier molecular flexibility index (Phi) is 5.28. The molecule has 6 heteroatoms. The van der Waals surface area contributed by atoms with Gasteiger partial charge < -0.3 is 10.2 Å². The van der Waals surface area contributed by atoms with Crippen molar-refractivity contribution in [1.29, 1.82) is 0 Å². The van der Waals surface area contributed by atoms with E-state index >= 15 is 0 Å². The molecule has 0 aliphatic heterocycles. The summed E-state index contributed by atoms with van der Waals surface area (Å²) in [6.45, 7) is 3.11. The summed E-state index contributed by atoms with van der Waals surface area (Å²) in [5.74, 6) is -2.40. The lowest BCUT2D eigenvalue weighted by Crippen LogP contribution is -2.29. The quantitative estimate of drug-likeness (QED) is 0.927. The van der Waals surface area contributed by atoms with Gasteiger partial charge in [-0.3, -0.25) is 9.59 Å². The van der Waals surface area contributed by atoms with Crippen LogP contribution >= 0.6 is 0 Å². The van der Waals surface area contributed by atoms with Crippen molar-refractivity contribution in [1.82, 2.24) is 4.90 Å². The van der Waals surface area contributed by atoms with Crippen molar-refractivity contribution in [2.75, 3.05) is 12.4 Å². The number of nitrogens with zero attached hydrogens (tertiary/aromatic N) is 1. The largest absolute Gasteiger partial charge is 0.335 e. The van der Waals surface area contributed by atoms with Crippen molar-refractivity contribution in [3.05, 3.63) is 65.2 Å². The van der Waals surface area contributed by atoms with Crippen molar-refractivity contribution < 1.29 is 18.4 Å². The van der Waals surface area contributed by atoms with E-state index in [4.69, 9.17) is 0 Å². The summed E-state index contributed by atoms with van der Waals surface area (Å²) in [7, 11) is 1.58. The number of rotatable bonds is 4. The normalized spacial score (nSPS) is 11.7. The first kappa shape index (κ1) is 17.6. The zero-order valence-corrected chi connectivity index (χ0v) is 13.6. The molecule has 2 aromatic carbocycles. The summed E-state index contributed by atoms with van der Waals surface area (Å²) in [5, 5.41) is 2.61. The molecular weight excluding hydrogens is 314 g/mol. The number of nitrogens with one attached hydrogen (secondary N) is 1. The highest BCUT2D eigenvalue weighted by atomic mass is 19.2. The third-order valence-corrected chi connectivity index (χ3v) is 3.76. The number of anilines is 1. The molecule has 126 valence electrons. The SMILES string of the molecule is CC(=O)Nc1cccc(C(=O)N(C)[C@@H](C)c2ccc(F)c(F)c2)c1. The second-order valence-electron chi connectivity index (χ2n) is 5.53. The monoisotopic (exact) mass is 332 g/mol. The molecule has 0 aromatic heterocycles. The van der Waals surface area contributed by atoms with Crippen molar-refractivity contribution in [2.24, 2.45) is 0 Å². The minimum Gasteiger partial charge on any atom is -0.335 e. The van der Waals surface area contributed by atoms with E-state index < -0.39 is 17.7 Å². The fourth-order valence-corrected chi connectivity index (χ4v) is 2.31. The van der Waals surface area contributed by atoms with Crippen LogP contribution in [-0.2, 0) is 4.79 Å². The average molecular weight is 332 g/mol. The van der Waals surface area contributed by atoms with Gasteiger partial charge in [-0.05, 0) is 42.8 Å². The lowest BCUT2D eigenvalue weighted by Gasteiger charge is -2.25. The van der Waals surface area contributed by atoms with Crippen LogP contribution in [-0.4, -0.2) is 23.8 Å². The topological polar surface area (TPSA) is 49.4 Å². The van der Waals surface area contributed by atoms with Crippen molar-refractivity contribution in [3.8, 4) is 0 Å². The van der Waals surface area contributed by atoms with Crippen LogP contribution < -0.4 is 5.32 Å². The summed E-state index contributed by atoms with van der Waals surface area (Å²) in [4.78, 5) is 25.1. The Labute approximate surface area is 139 Å². The van der Waals surface area contributed by atoms with Crippen molar-refractivity contribution >= 4 is 17.5 Å². The molecule has 1 N–H and O–H groups in total. The van der Waals surface area contributed by atoms with Gasteiger partial charge in [0.25, 0.3) is 5.91 Å². The number of halogens is 2. The number of hydrogen-bond acceptors (Lipinski definition) is 2. The molecule has 0 saturated carbocycles. The highest BCUT2D eigenvalue weighted by molar-refractivity contribution is 5.96. The number of carbonyl (C=O) groups is 2. The zero-order valence-electron chi connectivity index (χ0n) is 13.6. The standard InChI is InChI=1S/C18H18F2N2O2/c1-11(13-7-8-16(19)17(20)10-13)22(3)18(24)14-5-4-6-15(9-14)21-12(2)23/h4-11H,1-3H3,(H,21,23)/t11-/m0/s1. The molecule has 2 amide bonds. The number of benzene rings is 2. The maximum Gasteiger partial charge on any atom is 0.254 e. The number of hydrogen-bond donors (Lipinski definition) is 1. The van der Waals surface area contributed by atoms with E-state index in [0.29, 0.717) is 16.8 Å². The van der Waals surface area contributed by atoms with Gasteiger partial charge in [0.05, 0.1) is 6.04 Å². The zero-order chi connectivity index (χ0) is 17.9. The van der Waals surface area contributed by atoms with Gasteiger partial charge in [-0.2, -0.15) is 0 Å². The predicted molar refractivity (Wildman–Crippen MR) is 87.6 cm³/mol. The summed E-state index contributed by atoms with van der Waals surface area (Å²) < 4.78 is 26.4. The van der Waals surface area contributed by atoms with E-state index in [2.05, 4.69) is 5.32 Å². The molecule has 2 aromatic rings. The van der Waals surface area contributed by atoms with E-state index in [9.17, 15) is 18.4 Å². The van der Waals surface area contributed by atoms with E-state index in [1.54, 1.807) is 38.2 Å². The maximum atomic E-state index is 13.4. The van der Waals surface area contributed by atoms with Gasteiger partial charge in [-0.1, -0.05) is 12.1 Å². The van der Waals surface area contributed by atoms with Gasteiger partial charge in [0.2, 0.25) is 5.91 Å². The Morgan fingerprint density at radius 2 is 1.79 bits per heavy atom. The Morgan fingerprint density at radius 3 is 2.42 bits per heavy atom. The van der Waals surface area contributed by atoms with Gasteiger partial charge >= 0.3 is 0 Å². The third-order valence-electron chi connectivity index (χ3n) is 3.76. The first-order valence-corrected chi connectivity index (χ1v) is 7.39. The van der Waals surface area contributed by atoms with Crippen LogP contribution in [0.2, 0.25) is 0 Å². The molecule has 0 fully saturated rings. The molecule has 0 spiro atoms. The van der Waals surface area contributed by atoms with Crippen molar-refractivity contribution in [3.63, 3.8) is 0 Å². The van der Waals surface area contributed by atoms with Gasteiger partial charge in [-0.15, -0.1) is 0 Å². The molecule has 0 heterocycles. The molecule has 0 unspecified atom stereocenters. The van der Waals surface area contributed by atoms with Crippen LogP contribution in [0.1, 0.15) is 35.8 Å². The van der Waals surface area contributed by atoms with Gasteiger partial charge in [-0.25, -0.2) is 8.78 Å². The molecule has 24 heavy (non-hydrogen) atoms. The van der Waals surface area contributed by atoms with E-state index in [0.717, 1.165) is 12.1 Å². The molecule has 4 nitrogen and oxygen atoms in total. The van der Waals surface area contributed by atoms with Crippen LogP contribution in [0.3, 0.4) is 0 Å². The Morgan fingerprint density at radius 1 is 1.08 bits per heavy atom. The summed E-state index contributed by atoms with van der Waals surface area (Å²) in [6.07, 6.45) is 0. The second kappa shape index (κ2) is 7.21. The van der Waals surface area contributed by atoms with Crippen LogP contribution in [0.5, 0.6) is 0 Å². The van der Waals surface area contributed by atoms with Crippen LogP contribution in [0.15, 0.2) is 42.5 Å². The number of amides is 2. The Hall–Kier alpha value is -2.76. The molecular formula is C18H18F2N2O2. The summed E-state index contributed by atoms with van der Waals surface area (Å²) in [6, 6.07) is 9.65. The lowest BCUT2D eigenvalue weighted by molar-refractivity contribution is -0.114.